The Kier molecular flexibility index (Phi) is 12.0. The Morgan fingerprint density at radius 1 is 0.729 bits per heavy atom. The molecule has 3 atom stereocenters. The molecule has 3 aromatic carbocycles. The van der Waals surface area contributed by atoms with Crippen molar-refractivity contribution in [2.24, 2.45) is 0 Å². The van der Waals surface area contributed by atoms with Crippen molar-refractivity contribution in [1.29, 1.82) is 0 Å². The SMILES string of the molecule is C[C@H](NC(=O)[C@@H](Cc1ccccc1)NC(=O)[C@H](CSC(C)(C)C)NC(=O)OCC1c2ccccc2-c2ccccc21)C(=O)OC(C)(C)C. The van der Waals surface area contributed by atoms with Gasteiger partial charge in [-0.25, -0.2) is 9.59 Å². The van der Waals surface area contributed by atoms with Gasteiger partial charge in [-0.1, -0.05) is 99.6 Å². The van der Waals surface area contributed by atoms with E-state index in [0.29, 0.717) is 0 Å². The highest BCUT2D eigenvalue weighted by Crippen LogP contribution is 2.44. The highest BCUT2D eigenvalue weighted by molar-refractivity contribution is 8.00. The lowest BCUT2D eigenvalue weighted by Crippen LogP contribution is -2.57. The highest BCUT2D eigenvalue weighted by atomic mass is 32.2. The van der Waals surface area contributed by atoms with Gasteiger partial charge in [-0.05, 0) is 55.5 Å². The van der Waals surface area contributed by atoms with Crippen molar-refractivity contribution in [1.82, 2.24) is 16.0 Å². The van der Waals surface area contributed by atoms with Crippen molar-refractivity contribution in [2.45, 2.75) is 89.3 Å². The van der Waals surface area contributed by atoms with Gasteiger partial charge in [0.15, 0.2) is 0 Å². The second-order valence-corrected chi connectivity index (χ2v) is 15.8. The summed E-state index contributed by atoms with van der Waals surface area (Å²) in [6, 6.07) is 22.4. The molecule has 1 aliphatic rings. The molecule has 0 saturated heterocycles. The fraction of sp³-hybridized carbons (Fsp3) is 0.421. The van der Waals surface area contributed by atoms with Crippen LogP contribution in [0.25, 0.3) is 11.1 Å². The lowest BCUT2D eigenvalue weighted by molar-refractivity contribution is -0.158. The topological polar surface area (TPSA) is 123 Å². The molecule has 1 aliphatic carbocycles. The first-order valence-electron chi connectivity index (χ1n) is 16.2. The molecule has 10 heteroatoms. The lowest BCUT2D eigenvalue weighted by Gasteiger charge is -2.27. The van der Waals surface area contributed by atoms with Crippen LogP contribution in [0.15, 0.2) is 78.9 Å². The average Bonchev–Trinajstić information content (AvgIpc) is 3.34. The maximum atomic E-state index is 13.8. The van der Waals surface area contributed by atoms with E-state index in [-0.39, 0.29) is 29.4 Å². The van der Waals surface area contributed by atoms with Gasteiger partial charge in [-0.3, -0.25) is 9.59 Å². The summed E-state index contributed by atoms with van der Waals surface area (Å²) in [5.74, 6) is -1.56. The Labute approximate surface area is 287 Å². The van der Waals surface area contributed by atoms with Gasteiger partial charge in [0.05, 0.1) is 0 Å². The van der Waals surface area contributed by atoms with E-state index >= 15 is 0 Å². The van der Waals surface area contributed by atoms with E-state index in [9.17, 15) is 19.2 Å². The monoisotopic (exact) mass is 673 g/mol. The molecule has 3 aromatic rings. The Hall–Kier alpha value is -4.31. The Balaban J connectivity index is 1.48. The molecule has 3 amide bonds. The normalized spacial score (nSPS) is 14.5. The van der Waals surface area contributed by atoms with Crippen LogP contribution in [0.2, 0.25) is 0 Å². The Morgan fingerprint density at radius 2 is 1.27 bits per heavy atom. The summed E-state index contributed by atoms with van der Waals surface area (Å²) >= 11 is 1.50. The van der Waals surface area contributed by atoms with Crippen molar-refractivity contribution in [3.63, 3.8) is 0 Å². The first kappa shape index (κ1) is 36.5. The summed E-state index contributed by atoms with van der Waals surface area (Å²) in [4.78, 5) is 53.2. The van der Waals surface area contributed by atoms with E-state index in [2.05, 4.69) is 28.1 Å². The predicted octanol–water partition coefficient (Wildman–Crippen LogP) is 6.00. The zero-order valence-electron chi connectivity index (χ0n) is 28.8. The minimum atomic E-state index is -1.03. The molecule has 0 bridgehead atoms. The summed E-state index contributed by atoms with van der Waals surface area (Å²) < 4.78 is 11.0. The van der Waals surface area contributed by atoms with Gasteiger partial charge >= 0.3 is 12.1 Å². The number of hydrogen-bond donors (Lipinski definition) is 3. The molecular weight excluding hydrogens is 627 g/mol. The number of ether oxygens (including phenoxy) is 2. The van der Waals surface area contributed by atoms with Crippen molar-refractivity contribution in [3.8, 4) is 11.1 Å². The molecule has 0 aromatic heterocycles. The molecule has 0 fully saturated rings. The second kappa shape index (κ2) is 15.7. The van der Waals surface area contributed by atoms with Gasteiger partial charge in [0.1, 0.15) is 30.3 Å². The van der Waals surface area contributed by atoms with Crippen LogP contribution < -0.4 is 16.0 Å². The minimum absolute atomic E-state index is 0.0994. The van der Waals surface area contributed by atoms with E-state index in [1.165, 1.54) is 18.7 Å². The molecule has 256 valence electrons. The van der Waals surface area contributed by atoms with Gasteiger partial charge in [0.2, 0.25) is 11.8 Å². The zero-order chi connectivity index (χ0) is 35.1. The van der Waals surface area contributed by atoms with E-state index in [4.69, 9.17) is 9.47 Å². The third-order valence-electron chi connectivity index (χ3n) is 7.67. The summed E-state index contributed by atoms with van der Waals surface area (Å²) in [6.07, 6.45) is -0.557. The molecule has 4 rings (SSSR count). The number of benzene rings is 3. The Bertz CT molecular complexity index is 1550. The molecule has 0 aliphatic heterocycles. The first-order chi connectivity index (χ1) is 22.6. The van der Waals surface area contributed by atoms with Crippen LogP contribution in [0, 0.1) is 0 Å². The Morgan fingerprint density at radius 3 is 1.83 bits per heavy atom. The summed E-state index contributed by atoms with van der Waals surface area (Å²) in [6.45, 7) is 12.9. The van der Waals surface area contributed by atoms with Crippen LogP contribution in [0.4, 0.5) is 4.79 Å². The van der Waals surface area contributed by atoms with Gasteiger partial charge in [0.25, 0.3) is 0 Å². The third-order valence-corrected chi connectivity index (χ3v) is 9.04. The van der Waals surface area contributed by atoms with Crippen molar-refractivity contribution in [3.05, 3.63) is 95.6 Å². The van der Waals surface area contributed by atoms with Gasteiger partial charge < -0.3 is 25.4 Å². The molecular formula is C38H47N3O6S. The molecule has 0 spiro atoms. The van der Waals surface area contributed by atoms with Crippen LogP contribution in [-0.4, -0.2) is 64.7 Å². The summed E-state index contributed by atoms with van der Waals surface area (Å²) in [5, 5.41) is 8.28. The van der Waals surface area contributed by atoms with E-state index in [0.717, 1.165) is 27.8 Å². The first-order valence-corrected chi connectivity index (χ1v) is 17.2. The number of amides is 3. The molecule has 0 heterocycles. The molecule has 3 N–H and O–H groups in total. The molecule has 0 saturated carbocycles. The minimum Gasteiger partial charge on any atom is -0.458 e. The maximum absolute atomic E-state index is 13.8. The number of hydrogen-bond acceptors (Lipinski definition) is 7. The fourth-order valence-electron chi connectivity index (χ4n) is 5.39. The van der Waals surface area contributed by atoms with E-state index in [1.807, 2.05) is 87.5 Å². The number of alkyl carbamates (subject to hydrolysis) is 1. The summed E-state index contributed by atoms with van der Waals surface area (Å²) in [7, 11) is 0. The van der Waals surface area contributed by atoms with Crippen LogP contribution in [0.5, 0.6) is 0 Å². The average molecular weight is 674 g/mol. The van der Waals surface area contributed by atoms with Crippen molar-refractivity contribution < 1.29 is 28.7 Å². The molecule has 48 heavy (non-hydrogen) atoms. The number of carbonyl (C=O) groups excluding carboxylic acids is 4. The van der Waals surface area contributed by atoms with E-state index < -0.39 is 47.6 Å². The largest absolute Gasteiger partial charge is 0.458 e. The van der Waals surface area contributed by atoms with Gasteiger partial charge in [-0.2, -0.15) is 11.8 Å². The lowest BCUT2D eigenvalue weighted by atomic mass is 9.98. The van der Waals surface area contributed by atoms with Crippen LogP contribution in [-0.2, 0) is 30.3 Å². The van der Waals surface area contributed by atoms with Crippen LogP contribution in [0.3, 0.4) is 0 Å². The standard InChI is InChI=1S/C38H47N3O6S/c1-24(35(44)47-37(2,3)4)39-33(42)31(21-25-15-9-8-10-16-25)40-34(43)32(23-48-38(5,6)7)41-36(45)46-22-30-28-19-13-11-17-26(28)27-18-12-14-20-29(27)30/h8-20,24,30-32H,21-23H2,1-7H3,(H,39,42)(H,40,43)(H,41,45)/t24-,31+,32-/m0/s1. The quantitative estimate of drug-likeness (QED) is 0.202. The zero-order valence-corrected chi connectivity index (χ0v) is 29.6. The highest BCUT2D eigenvalue weighted by Gasteiger charge is 2.33. The van der Waals surface area contributed by atoms with Crippen molar-refractivity contribution >= 4 is 35.6 Å². The number of rotatable bonds is 12. The molecule has 9 nitrogen and oxygen atoms in total. The predicted molar refractivity (Wildman–Crippen MR) is 190 cm³/mol. The van der Waals surface area contributed by atoms with Crippen LogP contribution >= 0.6 is 11.8 Å². The molecule has 0 radical (unpaired) electrons. The maximum Gasteiger partial charge on any atom is 0.407 e. The second-order valence-electron chi connectivity index (χ2n) is 14.0. The third kappa shape index (κ3) is 10.3. The number of nitrogens with one attached hydrogen (secondary N) is 3. The number of esters is 1. The van der Waals surface area contributed by atoms with Crippen LogP contribution in [0.1, 0.15) is 71.1 Å². The number of fused-ring (bicyclic) bond motifs is 3. The number of carbonyl (C=O) groups is 4. The van der Waals surface area contributed by atoms with Gasteiger partial charge in [-0.15, -0.1) is 0 Å². The van der Waals surface area contributed by atoms with E-state index in [1.54, 1.807) is 20.8 Å². The van der Waals surface area contributed by atoms with Gasteiger partial charge in [0, 0.05) is 22.8 Å². The van der Waals surface area contributed by atoms with Crippen molar-refractivity contribution in [2.75, 3.05) is 12.4 Å². The summed E-state index contributed by atoms with van der Waals surface area (Å²) in [5.41, 5.74) is 4.48. The molecule has 0 unspecified atom stereocenters. The fourth-order valence-corrected chi connectivity index (χ4v) is 6.29. The number of thioether (sulfide) groups is 1. The smallest absolute Gasteiger partial charge is 0.407 e.